The average molecular weight is 951 g/mol. The molecule has 0 N–H and O–H groups in total. The van der Waals surface area contributed by atoms with E-state index in [1.54, 1.807) is 24.3 Å². The molecule has 0 aliphatic carbocycles. The van der Waals surface area contributed by atoms with Gasteiger partial charge in [0.05, 0.1) is 52.8 Å². The van der Waals surface area contributed by atoms with E-state index >= 15 is 0 Å². The Morgan fingerprint density at radius 1 is 0.507 bits per heavy atom. The summed E-state index contributed by atoms with van der Waals surface area (Å²) in [6.07, 6.45) is 37.0. The van der Waals surface area contributed by atoms with E-state index in [4.69, 9.17) is 29.4 Å². The van der Waals surface area contributed by atoms with Crippen molar-refractivity contribution in [1.82, 2.24) is 4.98 Å². The van der Waals surface area contributed by atoms with Crippen LogP contribution < -0.4 is 20.5 Å². The van der Waals surface area contributed by atoms with E-state index in [2.05, 4.69) is 50.3 Å². The number of hydrogen-bond acceptors (Lipinski definition) is 7. The number of esters is 1. The normalized spacial score (nSPS) is 15.0. The molecule has 8 bridgehead atoms. The average Bonchev–Trinajstić information content (AvgIpc) is 4.20. The van der Waals surface area contributed by atoms with Gasteiger partial charge in [0.15, 0.2) is 0 Å². The van der Waals surface area contributed by atoms with Crippen LogP contribution in [0.2, 0.25) is 0 Å². The first kappa shape index (κ1) is 51.0. The van der Waals surface area contributed by atoms with Gasteiger partial charge in [0.2, 0.25) is 0 Å². The molecule has 346 valence electrons. The van der Waals surface area contributed by atoms with Crippen molar-refractivity contribution >= 4 is 51.3 Å². The molecule has 0 unspecified atom stereocenters. The van der Waals surface area contributed by atoms with Gasteiger partial charge in [-0.2, -0.15) is 0 Å². The zero-order valence-corrected chi connectivity index (χ0v) is 43.5. The number of hydrogen-bond donors (Lipinski definition) is 0. The van der Waals surface area contributed by atoms with Crippen LogP contribution in [0.5, 0.6) is 0 Å². The van der Waals surface area contributed by atoms with Gasteiger partial charge in [-0.05, 0) is 109 Å². The smallest absolute Gasteiger partial charge is 0.657 e. The van der Waals surface area contributed by atoms with Crippen molar-refractivity contribution in [3.8, 4) is 0 Å². The van der Waals surface area contributed by atoms with Crippen LogP contribution in [-0.4, -0.2) is 37.3 Å². The summed E-state index contributed by atoms with van der Waals surface area (Å²) < 4.78 is 10.1. The summed E-state index contributed by atoms with van der Waals surface area (Å²) in [5.74, 6) is -0.784. The molecule has 5 heterocycles. The molecule has 67 heavy (non-hydrogen) atoms. The Kier molecular flexibility index (Phi) is 20.0. The van der Waals surface area contributed by atoms with Crippen LogP contribution in [-0.2, 0) is 29.0 Å². The van der Waals surface area contributed by atoms with E-state index in [0.717, 1.165) is 104 Å². The summed E-state index contributed by atoms with van der Waals surface area (Å²) in [6.45, 7) is 4.54. The fourth-order valence-corrected chi connectivity index (χ4v) is 9.31. The maximum Gasteiger partial charge on any atom is 2.00 e. The Morgan fingerprint density at radius 2 is 0.940 bits per heavy atom. The first-order valence-electron chi connectivity index (χ1n) is 24.8. The van der Waals surface area contributed by atoms with Gasteiger partial charge in [0.25, 0.3) is 0 Å². The number of aliphatic imine (C=N–C) groups is 3. The van der Waals surface area contributed by atoms with Gasteiger partial charge in [-0.3, -0.25) is 0 Å². The summed E-state index contributed by atoms with van der Waals surface area (Å²) >= 11 is 0. The van der Waals surface area contributed by atoms with Crippen molar-refractivity contribution in [2.24, 2.45) is 15.0 Å². The molecular weight excluding hydrogens is 882 g/mol. The fraction of sp³-hybridized carbons (Fsp3) is 0.414. The summed E-state index contributed by atoms with van der Waals surface area (Å²) in [5.41, 5.74) is 12.2. The minimum absolute atomic E-state index is 0. The van der Waals surface area contributed by atoms with Crippen LogP contribution in [0.1, 0.15) is 170 Å². The number of nitrogens with zero attached hydrogens (tertiary/aromatic N) is 4. The monoisotopic (exact) mass is 948 g/mol. The van der Waals surface area contributed by atoms with E-state index in [1.807, 2.05) is 36.4 Å². The van der Waals surface area contributed by atoms with Crippen molar-refractivity contribution < 1.29 is 38.9 Å². The molecule has 0 fully saturated rings. The van der Waals surface area contributed by atoms with Crippen molar-refractivity contribution in [1.29, 1.82) is 0 Å². The Hall–Kier alpha value is -5.40. The second-order valence-corrected chi connectivity index (χ2v) is 17.9. The second kappa shape index (κ2) is 26.2. The first-order valence-corrected chi connectivity index (χ1v) is 24.8. The Balaban J connectivity index is 0.00000741. The van der Waals surface area contributed by atoms with Crippen LogP contribution in [0.15, 0.2) is 129 Å². The minimum Gasteiger partial charge on any atom is -0.657 e. The van der Waals surface area contributed by atoms with Gasteiger partial charge >= 0.3 is 25.4 Å². The molecule has 0 spiro atoms. The molecule has 7 rings (SSSR count). The van der Waals surface area contributed by atoms with Gasteiger partial charge in [0.1, 0.15) is 0 Å². The Labute approximate surface area is 411 Å². The maximum absolute atomic E-state index is 12.5. The van der Waals surface area contributed by atoms with Gasteiger partial charge in [-0.1, -0.05) is 165 Å². The molecule has 0 atom stereocenters. The summed E-state index contributed by atoms with van der Waals surface area (Å²) in [6, 6.07) is 19.3. The van der Waals surface area contributed by atoms with Crippen LogP contribution in [0, 0.1) is 0 Å². The first-order chi connectivity index (χ1) is 32.4. The molecule has 1 aromatic heterocycles. The maximum atomic E-state index is 12.5. The van der Waals surface area contributed by atoms with Crippen LogP contribution in [0.3, 0.4) is 0 Å². The zero-order chi connectivity index (χ0) is 46.1. The number of benzene rings is 2. The summed E-state index contributed by atoms with van der Waals surface area (Å²) in [4.78, 5) is 34.1. The number of rotatable bonds is 23. The van der Waals surface area contributed by atoms with Crippen LogP contribution in [0.4, 0.5) is 0 Å². The number of allylic oxidation sites excluding steroid dienone is 9. The van der Waals surface area contributed by atoms with E-state index in [1.165, 1.54) is 117 Å². The van der Waals surface area contributed by atoms with E-state index in [0.29, 0.717) is 10.8 Å². The number of aromatic nitrogens is 1. The SMILES string of the molecule is CCCCCCCCCCCC1=C2C=CC(=N2)C(c2ccc(C(=O)OC)cc2)=C2C=CC(=N2)C(=c2ccc(=C([O-])OC)cc2)C2=NC(=C(CCCCCCCCCCC)c3ccc1[n-]3)C=C2.[Zn+2]. The zero-order valence-electron chi connectivity index (χ0n) is 40.5. The molecule has 4 aliphatic rings. The summed E-state index contributed by atoms with van der Waals surface area (Å²) in [7, 11) is 2.78. The topological polar surface area (TPSA) is 110 Å². The predicted molar refractivity (Wildman–Crippen MR) is 271 cm³/mol. The number of fused-ring (bicyclic) bond motifs is 5. The molecule has 0 radical (unpaired) electrons. The molecular formula is C58H68N4O4Zn. The third-order valence-electron chi connectivity index (χ3n) is 13.1. The Morgan fingerprint density at radius 3 is 1.40 bits per heavy atom. The number of carbonyl (C=O) groups is 1. The molecule has 4 aliphatic heterocycles. The van der Waals surface area contributed by atoms with E-state index < -0.39 is 11.9 Å². The largest absolute Gasteiger partial charge is 2.00 e. The Bertz CT molecular complexity index is 2590. The number of methoxy groups -OCH3 is 2. The van der Waals surface area contributed by atoms with Gasteiger partial charge in [-0.25, -0.2) is 19.8 Å². The molecule has 8 nitrogen and oxygen atoms in total. The number of carbonyl (C=O) groups excluding carboxylic acids is 1. The third-order valence-corrected chi connectivity index (χ3v) is 13.1. The van der Waals surface area contributed by atoms with Gasteiger partial charge in [-0.15, -0.1) is 11.4 Å². The molecule has 2 aromatic carbocycles. The van der Waals surface area contributed by atoms with E-state index in [-0.39, 0.29) is 19.5 Å². The molecule has 0 amide bonds. The molecule has 0 saturated carbocycles. The van der Waals surface area contributed by atoms with Crippen molar-refractivity contribution in [3.05, 3.63) is 147 Å². The second-order valence-electron chi connectivity index (χ2n) is 17.9. The molecule has 9 heteroatoms. The summed E-state index contributed by atoms with van der Waals surface area (Å²) in [5, 5.41) is 13.8. The minimum atomic E-state index is -0.392. The standard InChI is InChI=1S/C58H70N4O4.Zn/c1-5-7-9-11-13-15-17-19-21-23-45-47-33-34-48(59-47)46(24-22-20-18-16-14-12-10-8-6-2)50-36-38-52(61-50)56(42-27-31-44(32-28-42)58(64)66-4)54-40-39-53(62-54)55(51-37-35-49(45)60-51)41-25-29-43(30-26-41)57(63)65-3;/h25-40H,5-24H2,1-4H3,(H2,59,60,61,62,63,64);/q;+2/p-2. The van der Waals surface area contributed by atoms with Crippen molar-refractivity contribution in [3.63, 3.8) is 0 Å². The predicted octanol–water partition coefficient (Wildman–Crippen LogP) is 12.1. The fourth-order valence-electron chi connectivity index (χ4n) is 9.31. The van der Waals surface area contributed by atoms with Gasteiger partial charge in [0, 0.05) is 11.1 Å². The quantitative estimate of drug-likeness (QED) is 0.0534. The number of ether oxygens (including phenoxy) is 2. The molecule has 0 saturated heterocycles. The van der Waals surface area contributed by atoms with Crippen molar-refractivity contribution in [2.75, 3.05) is 14.2 Å². The van der Waals surface area contributed by atoms with Gasteiger partial charge < -0.3 is 19.6 Å². The molecule has 3 aromatic rings. The van der Waals surface area contributed by atoms with Crippen LogP contribution >= 0.6 is 0 Å². The third kappa shape index (κ3) is 13.4. The number of unbranched alkanes of at least 4 members (excludes halogenated alkanes) is 16. The van der Waals surface area contributed by atoms with E-state index in [9.17, 15) is 9.90 Å². The van der Waals surface area contributed by atoms with Crippen LogP contribution in [0.25, 0.3) is 28.2 Å². The van der Waals surface area contributed by atoms with Crippen molar-refractivity contribution in [2.45, 2.75) is 142 Å².